The zero-order valence-electron chi connectivity index (χ0n) is 4.87. The predicted octanol–water partition coefficient (Wildman–Crippen LogP) is -4.03. The van der Waals surface area contributed by atoms with Gasteiger partial charge in [-0.1, -0.05) is 0 Å². The second kappa shape index (κ2) is 6.94. The molecule has 0 aromatic rings. The molecule has 0 aromatic heterocycles. The Balaban J connectivity index is -0.000000107. The van der Waals surface area contributed by atoms with Gasteiger partial charge in [0.05, 0.1) is 0 Å². The van der Waals surface area contributed by atoms with Crippen molar-refractivity contribution in [2.75, 3.05) is 0 Å². The van der Waals surface area contributed by atoms with Gasteiger partial charge in [0.25, 0.3) is 0 Å². The van der Waals surface area contributed by atoms with Crippen molar-refractivity contribution in [3.63, 3.8) is 0 Å². The maximum atomic E-state index is 8.74. The molecule has 0 aliphatic carbocycles. The number of hydrogen-bond donors (Lipinski definition) is 2. The molecular weight excluding hydrogens is 376 g/mol. The van der Waals surface area contributed by atoms with Crippen molar-refractivity contribution < 1.29 is 33.6 Å². The van der Waals surface area contributed by atoms with E-state index in [4.69, 9.17) is 33.6 Å². The Bertz CT molecular complexity index is 210. The van der Waals surface area contributed by atoms with Gasteiger partial charge in [-0.05, 0) is 0 Å². The minimum atomic E-state index is -5.75. The van der Waals surface area contributed by atoms with E-state index in [1.807, 2.05) is 0 Å². The van der Waals surface area contributed by atoms with Crippen LogP contribution in [0, 0.1) is 0 Å². The first-order valence-electron chi connectivity index (χ1n) is 1.37. The Morgan fingerprint density at radius 2 is 1.09 bits per heavy atom. The van der Waals surface area contributed by atoms with Crippen molar-refractivity contribution in [2.45, 2.75) is 0 Å². The van der Waals surface area contributed by atoms with Crippen LogP contribution in [-0.4, -0.2) is 79.8 Å². The Kier molecular flexibility index (Phi) is 11.5. The van der Waals surface area contributed by atoms with Crippen LogP contribution in [0.15, 0.2) is 0 Å². The second-order valence-electron chi connectivity index (χ2n) is 0.856. The molecule has 0 amide bonds. The van der Waals surface area contributed by atoms with Crippen LogP contribution in [0.25, 0.3) is 0 Å². The Labute approximate surface area is 105 Å². The summed E-state index contributed by atoms with van der Waals surface area (Å²) < 4.78 is 66.0. The minimum absolute atomic E-state index is 0. The van der Waals surface area contributed by atoms with Crippen molar-refractivity contribution >= 4 is 72.6 Å². The van der Waals surface area contributed by atoms with Gasteiger partial charge >= 0.3 is 88.7 Å². The SMILES string of the molecule is O=S(=O)(O)O.O=[Se](=O)([O-])[O-].[Ba+2]. The summed E-state index contributed by atoms with van der Waals surface area (Å²) in [6.07, 6.45) is 0. The number of rotatable bonds is 0. The summed E-state index contributed by atoms with van der Waals surface area (Å²) in [7, 11) is -4.67. The molecule has 8 nitrogen and oxygen atoms in total. The topological polar surface area (TPSA) is 155 Å². The summed E-state index contributed by atoms with van der Waals surface area (Å²) in [5, 5.41) is 0. The van der Waals surface area contributed by atoms with E-state index in [-0.39, 0.29) is 48.9 Å². The van der Waals surface area contributed by atoms with E-state index in [0.29, 0.717) is 0 Å². The first-order chi connectivity index (χ1) is 4.00. The van der Waals surface area contributed by atoms with E-state index < -0.39 is 23.8 Å². The van der Waals surface area contributed by atoms with Crippen LogP contribution < -0.4 is 8.38 Å². The molecule has 64 valence electrons. The van der Waals surface area contributed by atoms with Crippen LogP contribution in [0.1, 0.15) is 0 Å². The molecule has 0 radical (unpaired) electrons. The molecule has 0 fully saturated rings. The molecule has 0 rings (SSSR count). The zero-order valence-corrected chi connectivity index (χ0v) is 11.8. The second-order valence-corrected chi connectivity index (χ2v) is 3.46. The summed E-state index contributed by atoms with van der Waals surface area (Å²) >= 11 is -5.75. The normalized spacial score (nSPS) is 10.5. The molecule has 0 saturated heterocycles. The van der Waals surface area contributed by atoms with Crippen molar-refractivity contribution in [1.29, 1.82) is 0 Å². The first-order valence-corrected chi connectivity index (χ1v) is 5.56. The van der Waals surface area contributed by atoms with E-state index >= 15 is 0 Å². The Hall–Kier alpha value is 1.48. The monoisotopic (exact) mass is 380 g/mol. The molecule has 11 heavy (non-hydrogen) atoms. The third-order valence-corrected chi connectivity index (χ3v) is 0. The van der Waals surface area contributed by atoms with E-state index in [1.165, 1.54) is 0 Å². The van der Waals surface area contributed by atoms with Crippen molar-refractivity contribution in [2.24, 2.45) is 0 Å². The van der Waals surface area contributed by atoms with Crippen LogP contribution in [0.5, 0.6) is 0 Å². The Morgan fingerprint density at radius 3 is 1.09 bits per heavy atom. The van der Waals surface area contributed by atoms with Gasteiger partial charge < -0.3 is 0 Å². The van der Waals surface area contributed by atoms with Gasteiger partial charge in [-0.15, -0.1) is 0 Å². The van der Waals surface area contributed by atoms with Crippen LogP contribution in [-0.2, 0) is 18.1 Å². The molecule has 0 heterocycles. The molecule has 0 spiro atoms. The molecule has 11 heteroatoms. The fraction of sp³-hybridized carbons (Fsp3) is 0. The van der Waals surface area contributed by atoms with Crippen LogP contribution in [0.4, 0.5) is 0 Å². The smallest absolute Gasteiger partial charge is 2.00 e. The van der Waals surface area contributed by atoms with E-state index in [1.54, 1.807) is 0 Å². The average Bonchev–Trinajstić information content (AvgIpc) is 1.12. The van der Waals surface area contributed by atoms with Crippen LogP contribution in [0.2, 0.25) is 0 Å². The molecule has 0 saturated carbocycles. The molecular formula is H2BaO8SSe. The third kappa shape index (κ3) is 471. The van der Waals surface area contributed by atoms with E-state index in [2.05, 4.69) is 0 Å². The van der Waals surface area contributed by atoms with E-state index in [9.17, 15) is 0 Å². The fourth-order valence-electron chi connectivity index (χ4n) is 0. The maximum absolute atomic E-state index is 8.74. The van der Waals surface area contributed by atoms with Gasteiger partial charge in [0, 0.05) is 0 Å². The van der Waals surface area contributed by atoms with Gasteiger partial charge in [0.2, 0.25) is 0 Å². The van der Waals surface area contributed by atoms with Gasteiger partial charge in [-0.25, -0.2) is 0 Å². The molecule has 0 aromatic carbocycles. The van der Waals surface area contributed by atoms with Crippen LogP contribution in [0.3, 0.4) is 0 Å². The maximum Gasteiger partial charge on any atom is 2.00 e. The van der Waals surface area contributed by atoms with Gasteiger partial charge in [0.15, 0.2) is 0 Å². The standard InChI is InChI=1S/Ba.H2O4S.H2O4Se/c;2*1-5(2,3)4/h;2*(H2,1,2,3,4)/q+2;;/p-2. The third-order valence-electron chi connectivity index (χ3n) is 0. The Morgan fingerprint density at radius 1 is 1.09 bits per heavy atom. The quantitative estimate of drug-likeness (QED) is 0.319. The summed E-state index contributed by atoms with van der Waals surface area (Å²) in [6, 6.07) is 0. The molecule has 2 N–H and O–H groups in total. The molecule has 0 aliphatic heterocycles. The van der Waals surface area contributed by atoms with Crippen molar-refractivity contribution in [1.82, 2.24) is 0 Å². The van der Waals surface area contributed by atoms with Gasteiger partial charge in [-0.3, -0.25) is 9.11 Å². The first kappa shape index (κ1) is 18.3. The van der Waals surface area contributed by atoms with Gasteiger partial charge in [0.1, 0.15) is 0 Å². The summed E-state index contributed by atoms with van der Waals surface area (Å²) in [5.41, 5.74) is 0. The summed E-state index contributed by atoms with van der Waals surface area (Å²) in [4.78, 5) is 0. The van der Waals surface area contributed by atoms with Crippen molar-refractivity contribution in [3.8, 4) is 0 Å². The van der Waals surface area contributed by atoms with Crippen LogP contribution >= 0.6 is 0 Å². The minimum Gasteiger partial charge on any atom is 2.00 e. The summed E-state index contributed by atoms with van der Waals surface area (Å²) in [6.45, 7) is 0. The van der Waals surface area contributed by atoms with Gasteiger partial charge in [-0.2, -0.15) is 8.42 Å². The van der Waals surface area contributed by atoms with E-state index in [0.717, 1.165) is 0 Å². The molecule has 0 atom stereocenters. The largest absolute Gasteiger partial charge is 2.00 e. The number of hydrogen-bond acceptors (Lipinski definition) is 6. The zero-order chi connectivity index (χ0) is 9.00. The molecule has 0 unspecified atom stereocenters. The molecule has 0 bridgehead atoms. The molecule has 0 aliphatic rings. The average molecular weight is 378 g/mol. The fourth-order valence-corrected chi connectivity index (χ4v) is 0. The van der Waals surface area contributed by atoms with Crippen molar-refractivity contribution in [3.05, 3.63) is 0 Å². The predicted molar refractivity (Wildman–Crippen MR) is 27.1 cm³/mol. The summed E-state index contributed by atoms with van der Waals surface area (Å²) in [5.74, 6) is 0.